The van der Waals surface area contributed by atoms with Crippen LogP contribution in [0, 0.1) is 5.92 Å². The van der Waals surface area contributed by atoms with E-state index in [1.54, 1.807) is 13.1 Å². The van der Waals surface area contributed by atoms with Crippen LogP contribution in [0.4, 0.5) is 27.8 Å². The lowest BCUT2D eigenvalue weighted by Crippen LogP contribution is -2.41. The van der Waals surface area contributed by atoms with E-state index in [1.807, 2.05) is 4.90 Å². The molecule has 2 atom stereocenters. The van der Waals surface area contributed by atoms with Gasteiger partial charge < -0.3 is 9.64 Å². The molecule has 0 radical (unpaired) electrons. The second kappa shape index (κ2) is 8.87. The number of hydrogen-bond donors (Lipinski definition) is 0. The Balaban J connectivity index is 1.50. The van der Waals surface area contributed by atoms with E-state index in [-0.39, 0.29) is 17.3 Å². The summed E-state index contributed by atoms with van der Waals surface area (Å²) in [6, 6.07) is 5.17. The van der Waals surface area contributed by atoms with Crippen LogP contribution in [0.2, 0.25) is 0 Å². The topological polar surface area (TPSA) is 56.1 Å². The van der Waals surface area contributed by atoms with Crippen LogP contribution in [0.3, 0.4) is 0 Å². The van der Waals surface area contributed by atoms with Gasteiger partial charge in [-0.1, -0.05) is 12.1 Å². The Morgan fingerprint density at radius 3 is 2.72 bits per heavy atom. The molecule has 1 unspecified atom stereocenters. The number of fused-ring (bicyclic) bond motifs is 1. The number of aromatic nitrogens is 4. The minimum absolute atomic E-state index is 0.0477. The third kappa shape index (κ3) is 4.76. The predicted molar refractivity (Wildman–Crippen MR) is 108 cm³/mol. The van der Waals surface area contributed by atoms with Gasteiger partial charge in [-0.2, -0.15) is 18.3 Å². The maximum atomic E-state index is 13.3. The predicted octanol–water partition coefficient (Wildman–Crippen LogP) is 4.79. The van der Waals surface area contributed by atoms with Gasteiger partial charge >= 0.3 is 6.18 Å². The number of nitrogens with zero attached hydrogens (tertiary/aromatic N) is 5. The van der Waals surface area contributed by atoms with Gasteiger partial charge in [-0.25, -0.2) is 23.4 Å². The van der Waals surface area contributed by atoms with Crippen molar-refractivity contribution < 1.29 is 26.7 Å². The molecule has 0 spiro atoms. The van der Waals surface area contributed by atoms with E-state index in [9.17, 15) is 22.0 Å². The fraction of sp³-hybridized carbons (Fsp3) is 0.476. The molecular weight excluding hydrogens is 433 g/mol. The highest BCUT2D eigenvalue weighted by Crippen LogP contribution is 2.37. The summed E-state index contributed by atoms with van der Waals surface area (Å²) in [5.74, 6) is 0.274. The van der Waals surface area contributed by atoms with Crippen molar-refractivity contribution in [1.82, 2.24) is 19.7 Å². The molecule has 4 rings (SSSR count). The van der Waals surface area contributed by atoms with E-state index in [0.717, 1.165) is 23.6 Å². The molecule has 0 amide bonds. The highest BCUT2D eigenvalue weighted by Gasteiger charge is 2.35. The van der Waals surface area contributed by atoms with Gasteiger partial charge in [0, 0.05) is 19.0 Å². The molecule has 0 bridgehead atoms. The summed E-state index contributed by atoms with van der Waals surface area (Å²) in [5, 5.41) is 3.92. The molecule has 1 saturated heterocycles. The second-order valence-electron chi connectivity index (χ2n) is 7.82. The van der Waals surface area contributed by atoms with Crippen LogP contribution in [0.5, 0.6) is 5.75 Å². The second-order valence-corrected chi connectivity index (χ2v) is 7.82. The lowest BCUT2D eigenvalue weighted by Gasteiger charge is -2.36. The monoisotopic (exact) mass is 455 g/mol. The third-order valence-corrected chi connectivity index (χ3v) is 5.59. The zero-order valence-electron chi connectivity index (χ0n) is 17.3. The van der Waals surface area contributed by atoms with Gasteiger partial charge in [0.1, 0.15) is 29.7 Å². The molecule has 0 saturated carbocycles. The Labute approximate surface area is 181 Å². The molecule has 0 aliphatic carbocycles. The Morgan fingerprint density at radius 2 is 1.97 bits per heavy atom. The number of ether oxygens (including phenoxy) is 1. The Kier molecular flexibility index (Phi) is 6.16. The van der Waals surface area contributed by atoms with Gasteiger partial charge in [-0.05, 0) is 31.9 Å². The number of rotatable bonds is 6. The van der Waals surface area contributed by atoms with Crippen LogP contribution in [0.1, 0.15) is 25.3 Å². The smallest absolute Gasteiger partial charge is 0.419 e. The summed E-state index contributed by atoms with van der Waals surface area (Å²) < 4.78 is 72.3. The summed E-state index contributed by atoms with van der Waals surface area (Å²) in [6.45, 7) is 2.35. The van der Waals surface area contributed by atoms with E-state index in [4.69, 9.17) is 4.74 Å². The molecule has 11 heteroatoms. The zero-order chi connectivity index (χ0) is 22.9. The molecule has 3 heterocycles. The largest absolute Gasteiger partial charge is 0.490 e. The number of piperidine rings is 1. The minimum Gasteiger partial charge on any atom is -0.490 e. The number of halogens is 5. The Morgan fingerprint density at radius 1 is 1.19 bits per heavy atom. The maximum absolute atomic E-state index is 13.3. The number of para-hydroxylation sites is 1. The SMILES string of the molecule is C[C@H](Oc1ccccc1C(F)(F)F)C1CCCN(c2cnc3cnn(CC(F)F)c3n2)C1. The van der Waals surface area contributed by atoms with Gasteiger partial charge in [-0.3, -0.25) is 0 Å². The molecule has 32 heavy (non-hydrogen) atoms. The number of alkyl halides is 5. The normalized spacial score (nSPS) is 18.3. The van der Waals surface area contributed by atoms with E-state index < -0.39 is 30.8 Å². The van der Waals surface area contributed by atoms with Crippen molar-refractivity contribution in [3.63, 3.8) is 0 Å². The van der Waals surface area contributed by atoms with Crippen LogP contribution < -0.4 is 9.64 Å². The van der Waals surface area contributed by atoms with Crippen molar-refractivity contribution in [2.24, 2.45) is 5.92 Å². The molecular formula is C21H22F5N5O. The van der Waals surface area contributed by atoms with E-state index in [2.05, 4.69) is 15.1 Å². The fourth-order valence-electron chi connectivity index (χ4n) is 3.96. The van der Waals surface area contributed by atoms with Crippen LogP contribution in [-0.4, -0.2) is 45.4 Å². The summed E-state index contributed by atoms with van der Waals surface area (Å²) in [6.07, 6.45) is -3.02. The minimum atomic E-state index is -4.50. The Bertz CT molecular complexity index is 1070. The fourth-order valence-corrected chi connectivity index (χ4v) is 3.96. The van der Waals surface area contributed by atoms with E-state index >= 15 is 0 Å². The van der Waals surface area contributed by atoms with Gasteiger partial charge in [0.2, 0.25) is 0 Å². The number of hydrogen-bond acceptors (Lipinski definition) is 5. The van der Waals surface area contributed by atoms with Crippen molar-refractivity contribution in [3.05, 3.63) is 42.2 Å². The zero-order valence-corrected chi connectivity index (χ0v) is 17.3. The van der Waals surface area contributed by atoms with Crippen molar-refractivity contribution in [2.45, 2.75) is 45.0 Å². The molecule has 1 aliphatic heterocycles. The summed E-state index contributed by atoms with van der Waals surface area (Å²) >= 11 is 0. The first-order chi connectivity index (χ1) is 15.2. The number of benzene rings is 1. The molecule has 2 aromatic heterocycles. The highest BCUT2D eigenvalue weighted by molar-refractivity contribution is 5.71. The van der Waals surface area contributed by atoms with Gasteiger partial charge in [0.15, 0.2) is 5.65 Å². The van der Waals surface area contributed by atoms with Gasteiger partial charge in [-0.15, -0.1) is 0 Å². The average molecular weight is 455 g/mol. The molecule has 3 aromatic rings. The highest BCUT2D eigenvalue weighted by atomic mass is 19.4. The lowest BCUT2D eigenvalue weighted by molar-refractivity contribution is -0.139. The Hall–Kier alpha value is -2.98. The van der Waals surface area contributed by atoms with Crippen molar-refractivity contribution >= 4 is 17.0 Å². The number of anilines is 1. The molecule has 0 N–H and O–H groups in total. The lowest BCUT2D eigenvalue weighted by atomic mass is 9.93. The molecule has 1 fully saturated rings. The van der Waals surface area contributed by atoms with Crippen LogP contribution in [-0.2, 0) is 12.7 Å². The first-order valence-electron chi connectivity index (χ1n) is 10.3. The van der Waals surface area contributed by atoms with Crippen LogP contribution in [0.25, 0.3) is 11.2 Å². The summed E-state index contributed by atoms with van der Waals surface area (Å²) in [7, 11) is 0. The van der Waals surface area contributed by atoms with Gasteiger partial charge in [0.05, 0.1) is 18.0 Å². The van der Waals surface area contributed by atoms with Crippen LogP contribution in [0.15, 0.2) is 36.7 Å². The average Bonchev–Trinajstić information content (AvgIpc) is 3.15. The summed E-state index contributed by atoms with van der Waals surface area (Å²) in [5.41, 5.74) is -0.111. The summed E-state index contributed by atoms with van der Waals surface area (Å²) in [4.78, 5) is 10.7. The molecule has 1 aromatic carbocycles. The quantitative estimate of drug-likeness (QED) is 0.500. The first-order valence-corrected chi connectivity index (χ1v) is 10.3. The third-order valence-electron chi connectivity index (χ3n) is 5.59. The van der Waals surface area contributed by atoms with E-state index in [0.29, 0.717) is 24.4 Å². The molecule has 172 valence electrons. The van der Waals surface area contributed by atoms with Crippen LogP contribution >= 0.6 is 0 Å². The van der Waals surface area contributed by atoms with Gasteiger partial charge in [0.25, 0.3) is 6.43 Å². The maximum Gasteiger partial charge on any atom is 0.419 e. The van der Waals surface area contributed by atoms with E-state index in [1.165, 1.54) is 24.4 Å². The van der Waals surface area contributed by atoms with Crippen molar-refractivity contribution in [2.75, 3.05) is 18.0 Å². The molecule has 6 nitrogen and oxygen atoms in total. The van der Waals surface area contributed by atoms with Crippen molar-refractivity contribution in [1.29, 1.82) is 0 Å². The van der Waals surface area contributed by atoms with Crippen molar-refractivity contribution in [3.8, 4) is 5.75 Å². The standard InChI is InChI=1S/C21H22F5N5O/c1-13(32-17-7-3-2-6-15(17)21(24,25)26)14-5-4-8-30(11-14)19-10-27-16-9-28-31(12-18(22)23)20(16)29-19/h2-3,6-7,9-10,13-14,18H,4-5,8,11-12H2,1H3/t13-,14?/m0/s1. The first kappa shape index (κ1) is 22.2. The molecule has 1 aliphatic rings.